The number of nitrogens with one attached hydrogen (secondary N) is 2. The Kier molecular flexibility index (Phi) is 5.16. The second-order valence-electron chi connectivity index (χ2n) is 5.45. The van der Waals surface area contributed by atoms with Gasteiger partial charge in [-0.15, -0.1) is 0 Å². The second kappa shape index (κ2) is 7.08. The highest BCUT2D eigenvalue weighted by Crippen LogP contribution is 2.17. The molecule has 20 heavy (non-hydrogen) atoms. The Balaban J connectivity index is 1.76. The smallest absolute Gasteiger partial charge is 0.251 e. The molecule has 2 N–H and O–H groups in total. The van der Waals surface area contributed by atoms with Crippen molar-refractivity contribution in [1.29, 1.82) is 0 Å². The molecule has 2 amide bonds. The van der Waals surface area contributed by atoms with Crippen LogP contribution >= 0.6 is 0 Å². The lowest BCUT2D eigenvalue weighted by atomic mass is 9.95. The summed E-state index contributed by atoms with van der Waals surface area (Å²) in [6.45, 7) is 1.98. The molecule has 1 aliphatic rings. The summed E-state index contributed by atoms with van der Waals surface area (Å²) in [6, 6.07) is 7.63. The van der Waals surface area contributed by atoms with Crippen LogP contribution in [0.4, 0.5) is 0 Å². The van der Waals surface area contributed by atoms with Crippen molar-refractivity contribution in [3.05, 3.63) is 35.4 Å². The van der Waals surface area contributed by atoms with E-state index in [1.54, 1.807) is 6.07 Å². The highest BCUT2D eigenvalue weighted by molar-refractivity contribution is 5.96. The first-order valence-electron chi connectivity index (χ1n) is 7.29. The van der Waals surface area contributed by atoms with Gasteiger partial charge >= 0.3 is 0 Å². The van der Waals surface area contributed by atoms with Gasteiger partial charge < -0.3 is 10.6 Å². The van der Waals surface area contributed by atoms with Crippen LogP contribution in [0.3, 0.4) is 0 Å². The summed E-state index contributed by atoms with van der Waals surface area (Å²) < 4.78 is 0. The van der Waals surface area contributed by atoms with E-state index in [1.165, 1.54) is 19.3 Å². The van der Waals surface area contributed by atoms with Gasteiger partial charge in [-0.1, -0.05) is 37.0 Å². The van der Waals surface area contributed by atoms with Crippen molar-refractivity contribution in [3.8, 4) is 0 Å². The lowest BCUT2D eigenvalue weighted by molar-refractivity contribution is -0.121. The molecule has 0 aromatic heterocycles. The summed E-state index contributed by atoms with van der Waals surface area (Å²) in [4.78, 5) is 23.7. The lowest BCUT2D eigenvalue weighted by Gasteiger charge is -2.22. The van der Waals surface area contributed by atoms with Gasteiger partial charge in [-0.05, 0) is 31.9 Å². The van der Waals surface area contributed by atoms with Gasteiger partial charge in [-0.2, -0.15) is 0 Å². The summed E-state index contributed by atoms with van der Waals surface area (Å²) in [5, 5.41) is 5.65. The molecule has 0 radical (unpaired) electrons. The molecule has 2 rings (SSSR count). The summed E-state index contributed by atoms with van der Waals surface area (Å²) in [5.74, 6) is -0.301. The van der Waals surface area contributed by atoms with E-state index in [-0.39, 0.29) is 24.4 Å². The molecular formula is C16H22N2O2. The van der Waals surface area contributed by atoms with Crippen molar-refractivity contribution in [2.24, 2.45) is 0 Å². The molecule has 0 heterocycles. The number of carbonyl (C=O) groups is 2. The van der Waals surface area contributed by atoms with Gasteiger partial charge in [-0.3, -0.25) is 9.59 Å². The maximum absolute atomic E-state index is 11.9. The average Bonchev–Trinajstić information content (AvgIpc) is 2.46. The Labute approximate surface area is 119 Å². The maximum atomic E-state index is 11.9. The normalized spacial score (nSPS) is 15.7. The van der Waals surface area contributed by atoms with E-state index < -0.39 is 0 Å². The van der Waals surface area contributed by atoms with E-state index in [1.807, 2.05) is 25.1 Å². The first-order chi connectivity index (χ1) is 9.65. The van der Waals surface area contributed by atoms with Crippen LogP contribution in [0.15, 0.2) is 24.3 Å². The molecule has 1 aromatic carbocycles. The lowest BCUT2D eigenvalue weighted by Crippen LogP contribution is -2.42. The van der Waals surface area contributed by atoms with Crippen LogP contribution < -0.4 is 10.6 Å². The second-order valence-corrected chi connectivity index (χ2v) is 5.45. The molecule has 1 saturated carbocycles. The molecule has 0 bridgehead atoms. The van der Waals surface area contributed by atoms with Crippen LogP contribution in [0.25, 0.3) is 0 Å². The van der Waals surface area contributed by atoms with Crippen LogP contribution in [0.5, 0.6) is 0 Å². The van der Waals surface area contributed by atoms with Crippen molar-refractivity contribution >= 4 is 11.8 Å². The number of carbonyl (C=O) groups excluding carboxylic acids is 2. The van der Waals surface area contributed by atoms with Gasteiger partial charge in [0.1, 0.15) is 0 Å². The molecule has 0 unspecified atom stereocenters. The predicted octanol–water partition coefficient (Wildman–Crippen LogP) is 2.17. The zero-order valence-electron chi connectivity index (χ0n) is 11.9. The van der Waals surface area contributed by atoms with Crippen LogP contribution in [-0.4, -0.2) is 24.4 Å². The van der Waals surface area contributed by atoms with E-state index in [0.29, 0.717) is 5.56 Å². The SMILES string of the molecule is Cc1cccc(C(=O)NCC(=O)NC2CCCCC2)c1. The van der Waals surface area contributed by atoms with Crippen LogP contribution in [0, 0.1) is 6.92 Å². The first kappa shape index (κ1) is 14.6. The number of benzene rings is 1. The Morgan fingerprint density at radius 3 is 2.65 bits per heavy atom. The van der Waals surface area contributed by atoms with Gasteiger partial charge in [0.2, 0.25) is 5.91 Å². The Morgan fingerprint density at radius 1 is 1.20 bits per heavy atom. The van der Waals surface area contributed by atoms with Gasteiger partial charge in [-0.25, -0.2) is 0 Å². The minimum Gasteiger partial charge on any atom is -0.352 e. The van der Waals surface area contributed by atoms with E-state index in [0.717, 1.165) is 18.4 Å². The molecule has 0 saturated heterocycles. The molecule has 0 spiro atoms. The van der Waals surface area contributed by atoms with E-state index >= 15 is 0 Å². The fraction of sp³-hybridized carbons (Fsp3) is 0.500. The molecule has 0 atom stereocenters. The van der Waals surface area contributed by atoms with Crippen LogP contribution in [0.1, 0.15) is 48.0 Å². The highest BCUT2D eigenvalue weighted by atomic mass is 16.2. The van der Waals surface area contributed by atoms with Crippen molar-refractivity contribution in [2.45, 2.75) is 45.1 Å². The number of aryl methyl sites for hydroxylation is 1. The monoisotopic (exact) mass is 274 g/mol. The molecule has 108 valence electrons. The number of hydrogen-bond acceptors (Lipinski definition) is 2. The Hall–Kier alpha value is -1.84. The van der Waals surface area contributed by atoms with Crippen molar-refractivity contribution in [3.63, 3.8) is 0 Å². The van der Waals surface area contributed by atoms with Crippen LogP contribution in [-0.2, 0) is 4.79 Å². The number of rotatable bonds is 4. The largest absolute Gasteiger partial charge is 0.352 e. The topological polar surface area (TPSA) is 58.2 Å². The first-order valence-corrected chi connectivity index (χ1v) is 7.29. The molecular weight excluding hydrogens is 252 g/mol. The summed E-state index contributed by atoms with van der Waals surface area (Å²) in [6.07, 6.45) is 5.73. The van der Waals surface area contributed by atoms with Crippen molar-refractivity contribution < 1.29 is 9.59 Å². The maximum Gasteiger partial charge on any atom is 0.251 e. The molecule has 4 nitrogen and oxygen atoms in total. The van der Waals surface area contributed by atoms with E-state index in [4.69, 9.17) is 0 Å². The van der Waals surface area contributed by atoms with E-state index in [9.17, 15) is 9.59 Å². The quantitative estimate of drug-likeness (QED) is 0.884. The molecule has 4 heteroatoms. The zero-order valence-corrected chi connectivity index (χ0v) is 11.9. The molecule has 1 aromatic rings. The summed E-state index contributed by atoms with van der Waals surface area (Å²) >= 11 is 0. The summed E-state index contributed by atoms with van der Waals surface area (Å²) in [5.41, 5.74) is 1.62. The third kappa shape index (κ3) is 4.37. The average molecular weight is 274 g/mol. The molecule has 1 fully saturated rings. The standard InChI is InChI=1S/C16H22N2O2/c1-12-6-5-7-13(10-12)16(20)17-11-15(19)18-14-8-3-2-4-9-14/h5-7,10,14H,2-4,8-9,11H2,1H3,(H,17,20)(H,18,19). The van der Waals surface area contributed by atoms with Crippen LogP contribution in [0.2, 0.25) is 0 Å². The minimum absolute atomic E-state index is 0.0449. The third-order valence-electron chi connectivity index (χ3n) is 3.66. The van der Waals surface area contributed by atoms with Gasteiger partial charge in [0.25, 0.3) is 5.91 Å². The van der Waals surface area contributed by atoms with Gasteiger partial charge in [0, 0.05) is 11.6 Å². The molecule has 0 aliphatic heterocycles. The predicted molar refractivity (Wildman–Crippen MR) is 78.5 cm³/mol. The number of amides is 2. The van der Waals surface area contributed by atoms with Gasteiger partial charge in [0.05, 0.1) is 6.54 Å². The Morgan fingerprint density at radius 2 is 1.95 bits per heavy atom. The Bertz CT molecular complexity index is 479. The van der Waals surface area contributed by atoms with E-state index in [2.05, 4.69) is 10.6 Å². The zero-order chi connectivity index (χ0) is 14.4. The molecule has 1 aliphatic carbocycles. The fourth-order valence-corrected chi connectivity index (χ4v) is 2.57. The number of hydrogen-bond donors (Lipinski definition) is 2. The summed E-state index contributed by atoms with van der Waals surface area (Å²) in [7, 11) is 0. The highest BCUT2D eigenvalue weighted by Gasteiger charge is 2.16. The van der Waals surface area contributed by atoms with Gasteiger partial charge in [0.15, 0.2) is 0 Å². The van der Waals surface area contributed by atoms with Crippen molar-refractivity contribution in [2.75, 3.05) is 6.54 Å². The minimum atomic E-state index is -0.201. The third-order valence-corrected chi connectivity index (χ3v) is 3.66. The van der Waals surface area contributed by atoms with Crippen molar-refractivity contribution in [1.82, 2.24) is 10.6 Å². The fourth-order valence-electron chi connectivity index (χ4n) is 2.57.